The van der Waals surface area contributed by atoms with Crippen LogP contribution in [0.5, 0.6) is 0 Å². The average molecular weight is 467 g/mol. The van der Waals surface area contributed by atoms with E-state index in [0.29, 0.717) is 19.6 Å². The van der Waals surface area contributed by atoms with Crippen LogP contribution in [0.25, 0.3) is 0 Å². The van der Waals surface area contributed by atoms with Crippen LogP contribution in [0.3, 0.4) is 0 Å². The van der Waals surface area contributed by atoms with Crippen LogP contribution in [0.4, 0.5) is 10.5 Å². The topological polar surface area (TPSA) is 87.9 Å². The van der Waals surface area contributed by atoms with Gasteiger partial charge in [0.15, 0.2) is 0 Å². The van der Waals surface area contributed by atoms with Crippen molar-refractivity contribution in [1.82, 2.24) is 14.5 Å². The molecule has 8 nitrogen and oxygen atoms in total. The Hall–Kier alpha value is -2.87. The van der Waals surface area contributed by atoms with Crippen LogP contribution in [-0.4, -0.2) is 50.8 Å². The number of aliphatic hydroxyl groups excluding tert-OH is 1. The lowest BCUT2D eigenvalue weighted by Crippen LogP contribution is -2.65. The summed E-state index contributed by atoms with van der Waals surface area (Å²) in [5.41, 5.74) is 3.01. The Kier molecular flexibility index (Phi) is 5.88. The monoisotopic (exact) mass is 466 g/mol. The Balaban J connectivity index is 1.45. The number of hydrogen-bond donors (Lipinski definition) is 1. The SMILES string of the molecule is CCCCn1c(CN2C(=O)C3(CN(C(=O)OC(C)C)C3)c3ccccc32)nc2c1C(O)CCC2. The first-order valence-corrected chi connectivity index (χ1v) is 12.5. The fourth-order valence-corrected chi connectivity index (χ4v) is 5.62. The van der Waals surface area contributed by atoms with E-state index in [2.05, 4.69) is 11.5 Å². The summed E-state index contributed by atoms with van der Waals surface area (Å²) >= 11 is 0. The molecule has 2 amide bonds. The van der Waals surface area contributed by atoms with E-state index < -0.39 is 11.5 Å². The first-order valence-electron chi connectivity index (χ1n) is 12.5. The number of imidazole rings is 1. The molecule has 1 aromatic carbocycles. The van der Waals surface area contributed by atoms with Gasteiger partial charge in [-0.15, -0.1) is 0 Å². The molecule has 1 unspecified atom stereocenters. The predicted octanol–water partition coefficient (Wildman–Crippen LogP) is 3.70. The highest BCUT2D eigenvalue weighted by molar-refractivity contribution is 6.09. The number of likely N-dealkylation sites (tertiary alicyclic amines) is 1. The number of para-hydroxylation sites is 1. The Morgan fingerprint density at radius 3 is 2.79 bits per heavy atom. The van der Waals surface area contributed by atoms with Crippen LogP contribution in [-0.2, 0) is 34.5 Å². The lowest BCUT2D eigenvalue weighted by molar-refractivity contribution is -0.128. The third-order valence-corrected chi connectivity index (χ3v) is 7.28. The van der Waals surface area contributed by atoms with Gasteiger partial charge in [-0.2, -0.15) is 0 Å². The number of nitrogens with zero attached hydrogens (tertiary/aromatic N) is 4. The second-order valence-corrected chi connectivity index (χ2v) is 10.1. The molecule has 3 aliphatic rings. The van der Waals surface area contributed by atoms with Gasteiger partial charge in [0.2, 0.25) is 5.91 Å². The van der Waals surface area contributed by atoms with E-state index in [4.69, 9.17) is 9.72 Å². The molecule has 0 bridgehead atoms. The maximum atomic E-state index is 13.9. The third-order valence-electron chi connectivity index (χ3n) is 7.28. The van der Waals surface area contributed by atoms with Crippen LogP contribution in [0.1, 0.15) is 75.3 Å². The van der Waals surface area contributed by atoms with E-state index in [9.17, 15) is 14.7 Å². The molecule has 2 aromatic rings. The fraction of sp³-hybridized carbons (Fsp3) is 0.577. The summed E-state index contributed by atoms with van der Waals surface area (Å²) in [7, 11) is 0. The number of hydrogen-bond acceptors (Lipinski definition) is 5. The molecule has 34 heavy (non-hydrogen) atoms. The second kappa shape index (κ2) is 8.73. The van der Waals surface area contributed by atoms with Gasteiger partial charge in [0, 0.05) is 25.3 Å². The minimum absolute atomic E-state index is 0.00542. The van der Waals surface area contributed by atoms with Gasteiger partial charge >= 0.3 is 6.09 Å². The fourth-order valence-electron chi connectivity index (χ4n) is 5.62. The minimum atomic E-state index is -0.730. The summed E-state index contributed by atoms with van der Waals surface area (Å²) in [5, 5.41) is 10.7. The molecule has 5 rings (SSSR count). The standard InChI is InChI=1S/C26H34N4O4/c1-4-5-13-29-22(27-19-10-8-12-21(31)23(19)29)14-30-20-11-7-6-9-18(20)26(24(30)32)15-28(16-26)25(33)34-17(2)3/h6-7,9,11,17,21,31H,4-5,8,10,12-16H2,1-3H3. The highest BCUT2D eigenvalue weighted by atomic mass is 16.6. The molecule has 0 saturated carbocycles. The van der Waals surface area contributed by atoms with E-state index in [-0.39, 0.29) is 18.1 Å². The van der Waals surface area contributed by atoms with E-state index in [1.165, 1.54) is 0 Å². The van der Waals surface area contributed by atoms with Gasteiger partial charge in [-0.05, 0) is 51.2 Å². The predicted molar refractivity (Wildman–Crippen MR) is 128 cm³/mol. The molecule has 2 aliphatic heterocycles. The average Bonchev–Trinajstić information content (AvgIpc) is 3.24. The van der Waals surface area contributed by atoms with Crippen LogP contribution < -0.4 is 4.90 Å². The lowest BCUT2D eigenvalue weighted by Gasteiger charge is -2.46. The van der Waals surface area contributed by atoms with Gasteiger partial charge in [-0.25, -0.2) is 9.78 Å². The first kappa shape index (κ1) is 22.9. The smallest absolute Gasteiger partial charge is 0.410 e. The molecule has 1 N–H and O–H groups in total. The van der Waals surface area contributed by atoms with Gasteiger partial charge in [0.1, 0.15) is 11.2 Å². The zero-order valence-corrected chi connectivity index (χ0v) is 20.3. The summed E-state index contributed by atoms with van der Waals surface area (Å²) in [5.74, 6) is 0.834. The molecule has 1 atom stereocenters. The third kappa shape index (κ3) is 3.59. The van der Waals surface area contributed by atoms with Crippen molar-refractivity contribution >= 4 is 17.7 Å². The number of aryl methyl sites for hydroxylation is 1. The number of aliphatic hydroxyl groups is 1. The molecule has 1 aliphatic carbocycles. The normalized spacial score (nSPS) is 20.5. The molecule has 1 saturated heterocycles. The van der Waals surface area contributed by atoms with Crippen molar-refractivity contribution in [3.63, 3.8) is 0 Å². The Bertz CT molecular complexity index is 1100. The van der Waals surface area contributed by atoms with E-state index in [1.807, 2.05) is 43.0 Å². The molecular formula is C26H34N4O4. The number of rotatable bonds is 6. The Morgan fingerprint density at radius 2 is 2.06 bits per heavy atom. The van der Waals surface area contributed by atoms with Crippen LogP contribution in [0.2, 0.25) is 0 Å². The van der Waals surface area contributed by atoms with Crippen molar-refractivity contribution in [2.24, 2.45) is 0 Å². The van der Waals surface area contributed by atoms with Crippen molar-refractivity contribution in [3.8, 4) is 0 Å². The van der Waals surface area contributed by atoms with Gasteiger partial charge in [-0.3, -0.25) is 4.79 Å². The molecule has 8 heteroatoms. The number of carbonyl (C=O) groups excluding carboxylic acids is 2. The van der Waals surface area contributed by atoms with Crippen molar-refractivity contribution in [2.75, 3.05) is 18.0 Å². The van der Waals surface area contributed by atoms with Crippen LogP contribution >= 0.6 is 0 Å². The number of fused-ring (bicyclic) bond motifs is 3. The Labute approximate surface area is 200 Å². The number of ether oxygens (including phenoxy) is 1. The highest BCUT2D eigenvalue weighted by Gasteiger charge is 2.59. The largest absolute Gasteiger partial charge is 0.447 e. The summed E-state index contributed by atoms with van der Waals surface area (Å²) < 4.78 is 7.49. The van der Waals surface area contributed by atoms with Crippen LogP contribution in [0, 0.1) is 0 Å². The number of carbonyl (C=O) groups is 2. The minimum Gasteiger partial charge on any atom is -0.447 e. The lowest BCUT2D eigenvalue weighted by atomic mass is 9.75. The van der Waals surface area contributed by atoms with Crippen molar-refractivity contribution < 1.29 is 19.4 Å². The van der Waals surface area contributed by atoms with Crippen molar-refractivity contribution in [2.45, 2.75) is 83.6 Å². The number of aromatic nitrogens is 2. The Morgan fingerprint density at radius 1 is 1.29 bits per heavy atom. The van der Waals surface area contributed by atoms with Crippen molar-refractivity contribution in [3.05, 3.63) is 47.0 Å². The summed E-state index contributed by atoms with van der Waals surface area (Å²) in [6.07, 6.45) is 3.50. The first-order chi connectivity index (χ1) is 16.4. The van der Waals surface area contributed by atoms with Gasteiger partial charge < -0.3 is 24.2 Å². The molecule has 0 radical (unpaired) electrons. The molecule has 1 spiro atoms. The maximum absolute atomic E-state index is 13.9. The summed E-state index contributed by atoms with van der Waals surface area (Å²) in [6.45, 7) is 7.59. The number of unbranched alkanes of at least 4 members (excludes halogenated alkanes) is 1. The quantitative estimate of drug-likeness (QED) is 0.701. The van der Waals surface area contributed by atoms with Gasteiger partial charge in [-0.1, -0.05) is 31.5 Å². The van der Waals surface area contributed by atoms with E-state index >= 15 is 0 Å². The molecule has 3 heterocycles. The van der Waals surface area contributed by atoms with Gasteiger partial charge in [0.05, 0.1) is 30.1 Å². The zero-order chi connectivity index (χ0) is 24.0. The maximum Gasteiger partial charge on any atom is 0.410 e. The number of amides is 2. The van der Waals surface area contributed by atoms with Crippen molar-refractivity contribution in [1.29, 1.82) is 0 Å². The van der Waals surface area contributed by atoms with Gasteiger partial charge in [0.25, 0.3) is 0 Å². The van der Waals surface area contributed by atoms with E-state index in [1.54, 1.807) is 4.90 Å². The summed E-state index contributed by atoms with van der Waals surface area (Å²) in [4.78, 5) is 34.6. The van der Waals surface area contributed by atoms with E-state index in [0.717, 1.165) is 67.1 Å². The molecular weight excluding hydrogens is 432 g/mol. The van der Waals surface area contributed by atoms with Crippen LogP contribution in [0.15, 0.2) is 24.3 Å². The number of benzene rings is 1. The number of anilines is 1. The highest BCUT2D eigenvalue weighted by Crippen LogP contribution is 2.48. The molecule has 1 fully saturated rings. The zero-order valence-electron chi connectivity index (χ0n) is 20.3. The second-order valence-electron chi connectivity index (χ2n) is 10.1. The molecule has 1 aromatic heterocycles. The summed E-state index contributed by atoms with van der Waals surface area (Å²) in [6, 6.07) is 7.87. The molecule has 182 valence electrons.